The summed E-state index contributed by atoms with van der Waals surface area (Å²) >= 11 is 3.44. The molecule has 0 unspecified atom stereocenters. The summed E-state index contributed by atoms with van der Waals surface area (Å²) in [6.07, 6.45) is 1.61. The second-order valence-corrected chi connectivity index (χ2v) is 7.08. The van der Waals surface area contributed by atoms with E-state index in [0.29, 0.717) is 17.8 Å². The van der Waals surface area contributed by atoms with Crippen molar-refractivity contribution in [3.05, 3.63) is 97.9 Å². The van der Waals surface area contributed by atoms with Crippen LogP contribution in [0.4, 0.5) is 5.69 Å². The second-order valence-electron chi connectivity index (χ2n) is 6.23. The van der Waals surface area contributed by atoms with Gasteiger partial charge in [-0.15, -0.1) is 0 Å². The third kappa shape index (κ3) is 4.11. The fourth-order valence-electron chi connectivity index (χ4n) is 2.69. The number of pyridine rings is 1. The van der Waals surface area contributed by atoms with Crippen molar-refractivity contribution >= 4 is 27.5 Å². The molecule has 1 amide bonds. The first kappa shape index (κ1) is 18.1. The molecule has 26 heavy (non-hydrogen) atoms. The Morgan fingerprint density at radius 1 is 1.04 bits per heavy atom. The molecule has 0 saturated carbocycles. The molecular formula is C21H19BrN2O2. The van der Waals surface area contributed by atoms with Gasteiger partial charge in [0.05, 0.1) is 12.1 Å². The van der Waals surface area contributed by atoms with Gasteiger partial charge in [0, 0.05) is 22.4 Å². The lowest BCUT2D eigenvalue weighted by Gasteiger charge is -2.11. The Balaban J connectivity index is 1.84. The number of hydrogen-bond acceptors (Lipinski definition) is 2. The monoisotopic (exact) mass is 410 g/mol. The summed E-state index contributed by atoms with van der Waals surface area (Å²) in [7, 11) is 0. The molecule has 3 aromatic rings. The van der Waals surface area contributed by atoms with Gasteiger partial charge >= 0.3 is 0 Å². The predicted molar refractivity (Wildman–Crippen MR) is 108 cm³/mol. The molecular weight excluding hydrogens is 392 g/mol. The molecule has 2 aromatic carbocycles. The molecule has 0 spiro atoms. The highest BCUT2D eigenvalue weighted by molar-refractivity contribution is 9.10. The molecule has 132 valence electrons. The van der Waals surface area contributed by atoms with Crippen LogP contribution in [0.1, 0.15) is 27.0 Å². The predicted octanol–water partition coefficient (Wildman–Crippen LogP) is 4.53. The second kappa shape index (κ2) is 7.70. The van der Waals surface area contributed by atoms with E-state index < -0.39 is 0 Å². The Kier molecular flexibility index (Phi) is 5.38. The molecule has 1 aromatic heterocycles. The van der Waals surface area contributed by atoms with E-state index in [2.05, 4.69) is 21.2 Å². The zero-order valence-corrected chi connectivity index (χ0v) is 16.2. The average Bonchev–Trinajstić information content (AvgIpc) is 2.62. The highest BCUT2D eigenvalue weighted by atomic mass is 79.9. The number of benzene rings is 2. The van der Waals surface area contributed by atoms with Gasteiger partial charge in [-0.25, -0.2) is 0 Å². The summed E-state index contributed by atoms with van der Waals surface area (Å²) in [5.41, 5.74) is 4.22. The first-order valence-corrected chi connectivity index (χ1v) is 9.06. The number of carbonyl (C=O) groups is 1. The van der Waals surface area contributed by atoms with Crippen molar-refractivity contribution in [2.45, 2.75) is 20.4 Å². The fraction of sp³-hybridized carbons (Fsp3) is 0.143. The molecule has 4 nitrogen and oxygen atoms in total. The van der Waals surface area contributed by atoms with Crippen LogP contribution < -0.4 is 10.9 Å². The standard InChI is InChI=1S/C21H19BrN2O2/c1-14-5-3-4-6-16(14)12-24-13-17(7-10-20(24)25)21(26)23-18-8-9-19(22)15(2)11-18/h3-11,13H,12H2,1-2H3,(H,23,26). The molecule has 0 atom stereocenters. The largest absolute Gasteiger partial charge is 0.322 e. The Labute approximate surface area is 160 Å². The van der Waals surface area contributed by atoms with Gasteiger partial charge in [0.15, 0.2) is 0 Å². The number of halogens is 1. The number of aromatic nitrogens is 1. The molecule has 5 heteroatoms. The van der Waals surface area contributed by atoms with Gasteiger partial charge in [0.1, 0.15) is 0 Å². The van der Waals surface area contributed by atoms with E-state index in [4.69, 9.17) is 0 Å². The molecule has 0 saturated heterocycles. The first-order chi connectivity index (χ1) is 12.4. The fourth-order valence-corrected chi connectivity index (χ4v) is 2.93. The van der Waals surface area contributed by atoms with Crippen LogP contribution in [0.15, 0.2) is 70.1 Å². The summed E-state index contributed by atoms with van der Waals surface area (Å²) in [6, 6.07) is 16.5. The van der Waals surface area contributed by atoms with Gasteiger partial charge in [-0.3, -0.25) is 9.59 Å². The van der Waals surface area contributed by atoms with Gasteiger partial charge in [-0.05, 0) is 54.8 Å². The zero-order valence-electron chi connectivity index (χ0n) is 14.6. The van der Waals surface area contributed by atoms with E-state index >= 15 is 0 Å². The number of rotatable bonds is 4. The summed E-state index contributed by atoms with van der Waals surface area (Å²) in [5, 5.41) is 2.87. The van der Waals surface area contributed by atoms with Crippen LogP contribution in [0.5, 0.6) is 0 Å². The van der Waals surface area contributed by atoms with E-state index in [-0.39, 0.29) is 11.5 Å². The molecule has 3 rings (SSSR count). The van der Waals surface area contributed by atoms with Crippen molar-refractivity contribution in [2.24, 2.45) is 0 Å². The average molecular weight is 411 g/mol. The minimum atomic E-state index is -0.245. The Hall–Kier alpha value is -2.66. The number of nitrogens with zero attached hydrogens (tertiary/aromatic N) is 1. The van der Waals surface area contributed by atoms with Crippen LogP contribution in [-0.4, -0.2) is 10.5 Å². The molecule has 1 heterocycles. The van der Waals surface area contributed by atoms with Gasteiger partial charge in [0.2, 0.25) is 0 Å². The first-order valence-electron chi connectivity index (χ1n) is 8.26. The normalized spacial score (nSPS) is 10.6. The number of aryl methyl sites for hydroxylation is 2. The SMILES string of the molecule is Cc1cc(NC(=O)c2ccc(=O)n(Cc3ccccc3C)c2)ccc1Br. The maximum atomic E-state index is 12.6. The van der Waals surface area contributed by atoms with Gasteiger partial charge in [-0.1, -0.05) is 40.2 Å². The van der Waals surface area contributed by atoms with E-state index in [9.17, 15) is 9.59 Å². The molecule has 0 radical (unpaired) electrons. The Morgan fingerprint density at radius 3 is 2.54 bits per heavy atom. The van der Waals surface area contributed by atoms with Crippen LogP contribution in [0.2, 0.25) is 0 Å². The molecule has 0 aliphatic carbocycles. The molecule has 1 N–H and O–H groups in total. The summed E-state index contributed by atoms with van der Waals surface area (Å²) < 4.78 is 2.55. The van der Waals surface area contributed by atoms with Crippen LogP contribution in [-0.2, 0) is 6.54 Å². The van der Waals surface area contributed by atoms with E-state index in [1.165, 1.54) is 6.07 Å². The quantitative estimate of drug-likeness (QED) is 0.686. The third-order valence-corrected chi connectivity index (χ3v) is 5.15. The summed E-state index contributed by atoms with van der Waals surface area (Å²) in [6.45, 7) is 4.40. The highest BCUT2D eigenvalue weighted by Crippen LogP contribution is 2.20. The van der Waals surface area contributed by atoms with Crippen LogP contribution in [0.3, 0.4) is 0 Å². The lowest BCUT2D eigenvalue weighted by atomic mass is 10.1. The number of nitrogens with one attached hydrogen (secondary N) is 1. The smallest absolute Gasteiger partial charge is 0.257 e. The topological polar surface area (TPSA) is 51.1 Å². The molecule has 0 aliphatic heterocycles. The van der Waals surface area contributed by atoms with E-state index in [1.54, 1.807) is 16.8 Å². The molecule has 0 aliphatic rings. The van der Waals surface area contributed by atoms with Gasteiger partial charge in [0.25, 0.3) is 11.5 Å². The zero-order chi connectivity index (χ0) is 18.7. The van der Waals surface area contributed by atoms with Crippen LogP contribution >= 0.6 is 15.9 Å². The lowest BCUT2D eigenvalue weighted by molar-refractivity contribution is 0.102. The highest BCUT2D eigenvalue weighted by Gasteiger charge is 2.10. The number of carbonyl (C=O) groups excluding carboxylic acids is 1. The maximum absolute atomic E-state index is 12.6. The molecule has 0 fully saturated rings. The third-order valence-electron chi connectivity index (χ3n) is 4.26. The van der Waals surface area contributed by atoms with Crippen molar-refractivity contribution in [1.29, 1.82) is 0 Å². The van der Waals surface area contributed by atoms with E-state index in [0.717, 1.165) is 21.2 Å². The minimum absolute atomic E-state index is 0.135. The molecule has 0 bridgehead atoms. The van der Waals surface area contributed by atoms with Crippen LogP contribution in [0, 0.1) is 13.8 Å². The number of amides is 1. The van der Waals surface area contributed by atoms with Gasteiger partial charge in [-0.2, -0.15) is 0 Å². The van der Waals surface area contributed by atoms with Gasteiger partial charge < -0.3 is 9.88 Å². The summed E-state index contributed by atoms with van der Waals surface area (Å²) in [5.74, 6) is -0.245. The number of anilines is 1. The summed E-state index contributed by atoms with van der Waals surface area (Å²) in [4.78, 5) is 24.7. The van der Waals surface area contributed by atoms with Crippen molar-refractivity contribution in [1.82, 2.24) is 4.57 Å². The maximum Gasteiger partial charge on any atom is 0.257 e. The Bertz CT molecular complexity index is 1020. The van der Waals surface area contributed by atoms with Crippen LogP contribution in [0.25, 0.3) is 0 Å². The Morgan fingerprint density at radius 2 is 1.81 bits per heavy atom. The van der Waals surface area contributed by atoms with Crippen molar-refractivity contribution in [2.75, 3.05) is 5.32 Å². The van der Waals surface area contributed by atoms with Crippen molar-refractivity contribution in [3.8, 4) is 0 Å². The van der Waals surface area contributed by atoms with Crippen molar-refractivity contribution in [3.63, 3.8) is 0 Å². The van der Waals surface area contributed by atoms with Crippen molar-refractivity contribution < 1.29 is 4.79 Å². The van der Waals surface area contributed by atoms with E-state index in [1.807, 2.05) is 56.3 Å². The lowest BCUT2D eigenvalue weighted by Crippen LogP contribution is -2.22. The minimum Gasteiger partial charge on any atom is -0.322 e. The number of hydrogen-bond donors (Lipinski definition) is 1.